The fourth-order valence-corrected chi connectivity index (χ4v) is 2.87. The summed E-state index contributed by atoms with van der Waals surface area (Å²) in [5, 5.41) is 9.63. The van der Waals surface area contributed by atoms with Crippen LogP contribution in [0.2, 0.25) is 0 Å². The Morgan fingerprint density at radius 3 is 2.67 bits per heavy atom. The molecular formula is C12H9BrN2O2S. The number of rotatable bonds is 3. The normalized spacial score (nSPS) is 9.89. The molecule has 0 radical (unpaired) electrons. The highest BCUT2D eigenvalue weighted by Gasteiger charge is 2.14. The van der Waals surface area contributed by atoms with E-state index in [1.165, 1.54) is 11.3 Å². The largest absolute Gasteiger partial charge is 0.497 e. The van der Waals surface area contributed by atoms with Crippen LogP contribution in [0.15, 0.2) is 22.0 Å². The number of hydrogen-bond acceptors (Lipinski definition) is 5. The number of aromatic nitrogens is 1. The Labute approximate surface area is 117 Å². The summed E-state index contributed by atoms with van der Waals surface area (Å²) >= 11 is 4.71. The Morgan fingerprint density at radius 1 is 1.33 bits per heavy atom. The van der Waals surface area contributed by atoms with Gasteiger partial charge in [-0.3, -0.25) is 0 Å². The molecule has 1 heterocycles. The van der Waals surface area contributed by atoms with Gasteiger partial charge in [0.1, 0.15) is 26.4 Å². The van der Waals surface area contributed by atoms with Gasteiger partial charge in [-0.25, -0.2) is 4.98 Å². The van der Waals surface area contributed by atoms with Gasteiger partial charge in [0, 0.05) is 0 Å². The minimum absolute atomic E-state index is 0.375. The molecule has 0 aliphatic carbocycles. The number of methoxy groups -OCH3 is 2. The molecule has 0 aliphatic heterocycles. The molecule has 0 atom stereocenters. The number of nitrogens with zero attached hydrogens (tertiary/aromatic N) is 2. The predicted octanol–water partition coefficient (Wildman–Crippen LogP) is 3.46. The highest BCUT2D eigenvalue weighted by Crippen LogP contribution is 2.38. The molecule has 0 amide bonds. The van der Waals surface area contributed by atoms with Crippen molar-refractivity contribution < 1.29 is 9.47 Å². The lowest BCUT2D eigenvalue weighted by molar-refractivity contribution is 0.404. The Bertz CT molecular complexity index is 619. The highest BCUT2D eigenvalue weighted by atomic mass is 79.9. The van der Waals surface area contributed by atoms with Gasteiger partial charge in [0.05, 0.1) is 19.8 Å². The topological polar surface area (TPSA) is 55.1 Å². The second-order valence-electron chi connectivity index (χ2n) is 3.32. The van der Waals surface area contributed by atoms with Crippen LogP contribution in [0.1, 0.15) is 5.69 Å². The molecular weight excluding hydrogens is 316 g/mol. The van der Waals surface area contributed by atoms with E-state index < -0.39 is 0 Å². The van der Waals surface area contributed by atoms with E-state index in [4.69, 9.17) is 14.7 Å². The van der Waals surface area contributed by atoms with Crippen molar-refractivity contribution in [1.29, 1.82) is 5.26 Å². The Hall–Kier alpha value is -1.58. The first-order valence-corrected chi connectivity index (χ1v) is 6.59. The maximum absolute atomic E-state index is 8.91. The van der Waals surface area contributed by atoms with E-state index in [2.05, 4.69) is 20.9 Å². The lowest BCUT2D eigenvalue weighted by Gasteiger charge is -2.07. The van der Waals surface area contributed by atoms with Crippen molar-refractivity contribution in [3.8, 4) is 28.1 Å². The van der Waals surface area contributed by atoms with Crippen molar-refractivity contribution in [1.82, 2.24) is 4.98 Å². The van der Waals surface area contributed by atoms with Gasteiger partial charge in [-0.05, 0) is 34.1 Å². The van der Waals surface area contributed by atoms with E-state index >= 15 is 0 Å². The van der Waals surface area contributed by atoms with Crippen molar-refractivity contribution in [2.75, 3.05) is 14.2 Å². The standard InChI is InChI=1S/C12H9BrN2O2S/c1-16-7-3-4-10(17-2)8(5-7)12-15-9(6-14)11(13)18-12/h3-5H,1-2H3. The van der Waals surface area contributed by atoms with Crippen LogP contribution in [0.5, 0.6) is 11.5 Å². The van der Waals surface area contributed by atoms with Crippen LogP contribution in [0.25, 0.3) is 10.6 Å². The van der Waals surface area contributed by atoms with Crippen LogP contribution in [-0.4, -0.2) is 19.2 Å². The monoisotopic (exact) mass is 324 g/mol. The molecule has 0 bridgehead atoms. The lowest BCUT2D eigenvalue weighted by Crippen LogP contribution is -1.90. The van der Waals surface area contributed by atoms with E-state index in [0.29, 0.717) is 20.2 Å². The summed E-state index contributed by atoms with van der Waals surface area (Å²) in [6.45, 7) is 0. The lowest BCUT2D eigenvalue weighted by atomic mass is 10.2. The van der Waals surface area contributed by atoms with E-state index in [-0.39, 0.29) is 0 Å². The zero-order valence-corrected chi connectivity index (χ0v) is 12.1. The van der Waals surface area contributed by atoms with Gasteiger partial charge >= 0.3 is 0 Å². The van der Waals surface area contributed by atoms with Crippen molar-refractivity contribution in [3.63, 3.8) is 0 Å². The van der Waals surface area contributed by atoms with Crippen LogP contribution in [-0.2, 0) is 0 Å². The van der Waals surface area contributed by atoms with Crippen LogP contribution < -0.4 is 9.47 Å². The maximum Gasteiger partial charge on any atom is 0.166 e. The SMILES string of the molecule is COc1ccc(OC)c(-c2nc(C#N)c(Br)s2)c1. The van der Waals surface area contributed by atoms with Gasteiger partial charge in [0.25, 0.3) is 0 Å². The first kappa shape index (κ1) is 12.9. The summed E-state index contributed by atoms with van der Waals surface area (Å²) in [6.07, 6.45) is 0. The van der Waals surface area contributed by atoms with Crippen LogP contribution in [0.3, 0.4) is 0 Å². The zero-order chi connectivity index (χ0) is 13.1. The second kappa shape index (κ2) is 5.38. The van der Waals surface area contributed by atoms with Crippen molar-refractivity contribution in [3.05, 3.63) is 27.7 Å². The molecule has 2 rings (SSSR count). The molecule has 4 nitrogen and oxygen atoms in total. The number of nitriles is 1. The molecule has 1 aromatic heterocycles. The van der Waals surface area contributed by atoms with Crippen LogP contribution in [0, 0.1) is 11.3 Å². The molecule has 0 aliphatic rings. The van der Waals surface area contributed by atoms with Gasteiger partial charge in [-0.2, -0.15) is 5.26 Å². The van der Waals surface area contributed by atoms with Crippen molar-refractivity contribution in [2.45, 2.75) is 0 Å². The van der Waals surface area contributed by atoms with Gasteiger partial charge in [0.2, 0.25) is 0 Å². The third-order valence-corrected chi connectivity index (χ3v) is 4.07. The van der Waals surface area contributed by atoms with Gasteiger partial charge in [0.15, 0.2) is 5.69 Å². The number of halogens is 1. The molecule has 18 heavy (non-hydrogen) atoms. The average molecular weight is 325 g/mol. The molecule has 2 aromatic rings. The predicted molar refractivity (Wildman–Crippen MR) is 73.1 cm³/mol. The Kier molecular flexibility index (Phi) is 3.84. The second-order valence-corrected chi connectivity index (χ2v) is 5.64. The van der Waals surface area contributed by atoms with Gasteiger partial charge in [-0.1, -0.05) is 0 Å². The zero-order valence-electron chi connectivity index (χ0n) is 9.73. The summed E-state index contributed by atoms with van der Waals surface area (Å²) in [5.74, 6) is 1.41. The van der Waals surface area contributed by atoms with E-state index in [1.807, 2.05) is 24.3 Å². The first-order chi connectivity index (χ1) is 8.69. The molecule has 0 fully saturated rings. The molecule has 0 saturated carbocycles. The highest BCUT2D eigenvalue weighted by molar-refractivity contribution is 9.11. The molecule has 0 unspecified atom stereocenters. The number of benzene rings is 1. The van der Waals surface area contributed by atoms with E-state index in [1.54, 1.807) is 14.2 Å². The van der Waals surface area contributed by atoms with Crippen molar-refractivity contribution in [2.24, 2.45) is 0 Å². The fourth-order valence-electron chi connectivity index (χ4n) is 1.47. The smallest absolute Gasteiger partial charge is 0.166 e. The van der Waals surface area contributed by atoms with Crippen LogP contribution in [0.4, 0.5) is 0 Å². The Balaban J connectivity index is 2.57. The number of thiazole rings is 1. The molecule has 92 valence electrons. The minimum Gasteiger partial charge on any atom is -0.497 e. The third-order valence-electron chi connectivity index (χ3n) is 2.33. The summed E-state index contributed by atoms with van der Waals surface area (Å²) in [7, 11) is 3.20. The third kappa shape index (κ3) is 2.33. The van der Waals surface area contributed by atoms with E-state index in [9.17, 15) is 0 Å². The van der Waals surface area contributed by atoms with Gasteiger partial charge in [-0.15, -0.1) is 11.3 Å². The van der Waals surface area contributed by atoms with Crippen molar-refractivity contribution >= 4 is 27.3 Å². The summed E-state index contributed by atoms with van der Waals surface area (Å²) in [5.41, 5.74) is 1.18. The summed E-state index contributed by atoms with van der Waals surface area (Å²) in [6, 6.07) is 7.50. The Morgan fingerprint density at radius 2 is 2.11 bits per heavy atom. The molecule has 0 N–H and O–H groups in total. The summed E-state index contributed by atoms with van der Waals surface area (Å²) < 4.78 is 11.2. The molecule has 0 spiro atoms. The summed E-state index contributed by atoms with van der Waals surface area (Å²) in [4.78, 5) is 4.26. The minimum atomic E-state index is 0.375. The van der Waals surface area contributed by atoms with E-state index in [0.717, 1.165) is 11.3 Å². The molecule has 1 aromatic carbocycles. The molecule has 0 saturated heterocycles. The van der Waals surface area contributed by atoms with Crippen LogP contribution >= 0.6 is 27.3 Å². The maximum atomic E-state index is 8.91. The quantitative estimate of drug-likeness (QED) is 0.867. The average Bonchev–Trinajstić information content (AvgIpc) is 2.79. The molecule has 6 heteroatoms. The van der Waals surface area contributed by atoms with Gasteiger partial charge < -0.3 is 9.47 Å². The first-order valence-electron chi connectivity index (χ1n) is 4.98. The number of ether oxygens (including phenoxy) is 2. The fraction of sp³-hybridized carbons (Fsp3) is 0.167. The number of hydrogen-bond donors (Lipinski definition) is 0.